The number of ether oxygens (including phenoxy) is 5. The third-order valence-electron chi connectivity index (χ3n) is 3.94. The molecule has 6 heteroatoms. The number of allylic oxidation sites excluding steroid dienone is 1. The Kier molecular flexibility index (Phi) is 5.31. The van der Waals surface area contributed by atoms with Gasteiger partial charge in [0, 0.05) is 5.56 Å². The van der Waals surface area contributed by atoms with Crippen molar-refractivity contribution in [2.75, 3.05) is 34.5 Å². The number of benzene rings is 2. The number of hydrogen-bond acceptors (Lipinski definition) is 6. The SMILES string of the molecule is COc1cc(C=CC(=O)c2ccc3c(c2)OCCO3)cc(OC)c1OC. The maximum Gasteiger partial charge on any atom is 0.203 e. The molecule has 3 rings (SSSR count). The highest BCUT2D eigenvalue weighted by Crippen LogP contribution is 2.38. The summed E-state index contributed by atoms with van der Waals surface area (Å²) in [6.45, 7) is 0.993. The molecule has 0 saturated heterocycles. The highest BCUT2D eigenvalue weighted by molar-refractivity contribution is 6.07. The molecule has 136 valence electrons. The summed E-state index contributed by atoms with van der Waals surface area (Å²) < 4.78 is 26.9. The van der Waals surface area contributed by atoms with Crippen molar-refractivity contribution in [2.24, 2.45) is 0 Å². The smallest absolute Gasteiger partial charge is 0.203 e. The van der Waals surface area contributed by atoms with Gasteiger partial charge in [-0.3, -0.25) is 4.79 Å². The van der Waals surface area contributed by atoms with Crippen LogP contribution >= 0.6 is 0 Å². The highest BCUT2D eigenvalue weighted by atomic mass is 16.6. The average Bonchev–Trinajstić information content (AvgIpc) is 2.70. The van der Waals surface area contributed by atoms with Gasteiger partial charge >= 0.3 is 0 Å². The second kappa shape index (κ2) is 7.82. The molecule has 0 fully saturated rings. The van der Waals surface area contributed by atoms with E-state index in [1.165, 1.54) is 6.08 Å². The lowest BCUT2D eigenvalue weighted by Crippen LogP contribution is -2.15. The van der Waals surface area contributed by atoms with Crippen LogP contribution < -0.4 is 23.7 Å². The van der Waals surface area contributed by atoms with Crippen molar-refractivity contribution in [3.63, 3.8) is 0 Å². The van der Waals surface area contributed by atoms with Gasteiger partial charge < -0.3 is 23.7 Å². The minimum Gasteiger partial charge on any atom is -0.493 e. The summed E-state index contributed by atoms with van der Waals surface area (Å²) in [6.07, 6.45) is 3.19. The summed E-state index contributed by atoms with van der Waals surface area (Å²) in [6, 6.07) is 8.70. The average molecular weight is 356 g/mol. The summed E-state index contributed by atoms with van der Waals surface area (Å²) in [7, 11) is 4.64. The molecule has 2 aromatic rings. The lowest BCUT2D eigenvalue weighted by atomic mass is 10.1. The molecule has 6 nitrogen and oxygen atoms in total. The minimum atomic E-state index is -0.143. The molecule has 1 aliphatic rings. The van der Waals surface area contributed by atoms with Crippen LogP contribution in [0.3, 0.4) is 0 Å². The van der Waals surface area contributed by atoms with Crippen LogP contribution in [-0.2, 0) is 0 Å². The molecule has 0 aromatic heterocycles. The van der Waals surface area contributed by atoms with Gasteiger partial charge in [-0.1, -0.05) is 6.08 Å². The number of fused-ring (bicyclic) bond motifs is 1. The fourth-order valence-electron chi connectivity index (χ4n) is 2.66. The van der Waals surface area contributed by atoms with E-state index in [1.54, 1.807) is 57.7 Å². The quantitative estimate of drug-likeness (QED) is 0.584. The van der Waals surface area contributed by atoms with Gasteiger partial charge in [0.25, 0.3) is 0 Å². The van der Waals surface area contributed by atoms with Crippen LogP contribution in [-0.4, -0.2) is 40.3 Å². The van der Waals surface area contributed by atoms with Gasteiger partial charge in [0.1, 0.15) is 13.2 Å². The van der Waals surface area contributed by atoms with Crippen molar-refractivity contribution >= 4 is 11.9 Å². The second-order valence-electron chi connectivity index (χ2n) is 5.51. The predicted molar refractivity (Wildman–Crippen MR) is 96.9 cm³/mol. The van der Waals surface area contributed by atoms with Gasteiger partial charge in [0.05, 0.1) is 21.3 Å². The number of ketones is 1. The number of hydrogen-bond donors (Lipinski definition) is 0. The Hall–Kier alpha value is -3.15. The molecule has 0 N–H and O–H groups in total. The Morgan fingerprint density at radius 1 is 0.923 bits per heavy atom. The molecule has 0 radical (unpaired) electrons. The van der Waals surface area contributed by atoms with Crippen molar-refractivity contribution in [3.8, 4) is 28.7 Å². The third-order valence-corrected chi connectivity index (χ3v) is 3.94. The second-order valence-corrected chi connectivity index (χ2v) is 5.51. The molecule has 2 aromatic carbocycles. The maximum absolute atomic E-state index is 12.5. The zero-order chi connectivity index (χ0) is 18.5. The zero-order valence-corrected chi connectivity index (χ0v) is 14.9. The van der Waals surface area contributed by atoms with Crippen molar-refractivity contribution < 1.29 is 28.5 Å². The summed E-state index contributed by atoms with van der Waals surface area (Å²) in [5.74, 6) is 2.65. The van der Waals surface area contributed by atoms with Crippen LogP contribution in [0.4, 0.5) is 0 Å². The molecular formula is C20H20O6. The molecule has 0 aliphatic carbocycles. The Balaban J connectivity index is 1.84. The van der Waals surface area contributed by atoms with Crippen LogP contribution in [0.5, 0.6) is 28.7 Å². The van der Waals surface area contributed by atoms with E-state index in [1.807, 2.05) is 0 Å². The number of carbonyl (C=O) groups is 1. The van der Waals surface area contributed by atoms with E-state index in [4.69, 9.17) is 23.7 Å². The van der Waals surface area contributed by atoms with E-state index in [-0.39, 0.29) is 5.78 Å². The lowest BCUT2D eigenvalue weighted by Gasteiger charge is -2.18. The van der Waals surface area contributed by atoms with Gasteiger partial charge in [-0.15, -0.1) is 0 Å². The molecular weight excluding hydrogens is 336 g/mol. The number of rotatable bonds is 6. The van der Waals surface area contributed by atoms with Crippen molar-refractivity contribution in [1.82, 2.24) is 0 Å². The first-order chi connectivity index (χ1) is 12.7. The minimum absolute atomic E-state index is 0.143. The molecule has 0 amide bonds. The van der Waals surface area contributed by atoms with Gasteiger partial charge in [0.2, 0.25) is 5.75 Å². The zero-order valence-electron chi connectivity index (χ0n) is 14.9. The normalized spacial score (nSPS) is 12.7. The van der Waals surface area contributed by atoms with Crippen molar-refractivity contribution in [2.45, 2.75) is 0 Å². The maximum atomic E-state index is 12.5. The molecule has 0 spiro atoms. The van der Waals surface area contributed by atoms with Gasteiger partial charge in [-0.2, -0.15) is 0 Å². The molecule has 1 heterocycles. The molecule has 26 heavy (non-hydrogen) atoms. The van der Waals surface area contributed by atoms with Crippen molar-refractivity contribution in [3.05, 3.63) is 47.5 Å². The first kappa shape index (κ1) is 17.7. The van der Waals surface area contributed by atoms with Crippen molar-refractivity contribution in [1.29, 1.82) is 0 Å². The van der Waals surface area contributed by atoms with E-state index in [9.17, 15) is 4.79 Å². The molecule has 0 bridgehead atoms. The van der Waals surface area contributed by atoms with Gasteiger partial charge in [-0.05, 0) is 42.0 Å². The largest absolute Gasteiger partial charge is 0.493 e. The summed E-state index contributed by atoms with van der Waals surface area (Å²) in [5.41, 5.74) is 1.28. The van der Waals surface area contributed by atoms with E-state index in [0.717, 1.165) is 5.56 Å². The first-order valence-electron chi connectivity index (χ1n) is 8.08. The topological polar surface area (TPSA) is 63.2 Å². The van der Waals surface area contributed by atoms with Crippen LogP contribution in [0.2, 0.25) is 0 Å². The Morgan fingerprint density at radius 3 is 2.19 bits per heavy atom. The highest BCUT2D eigenvalue weighted by Gasteiger charge is 2.15. The number of methoxy groups -OCH3 is 3. The summed E-state index contributed by atoms with van der Waals surface area (Å²) >= 11 is 0. The predicted octanol–water partition coefficient (Wildman–Crippen LogP) is 3.38. The monoisotopic (exact) mass is 356 g/mol. The fraction of sp³-hybridized carbons (Fsp3) is 0.250. The van der Waals surface area contributed by atoms with Crippen LogP contribution in [0.15, 0.2) is 36.4 Å². The molecule has 1 aliphatic heterocycles. The van der Waals surface area contributed by atoms with E-state index < -0.39 is 0 Å². The summed E-state index contributed by atoms with van der Waals surface area (Å²) in [4.78, 5) is 12.5. The van der Waals surface area contributed by atoms with Gasteiger partial charge in [0.15, 0.2) is 28.8 Å². The molecule has 0 saturated carbocycles. The molecule has 0 unspecified atom stereocenters. The van der Waals surface area contributed by atoms with E-state index in [2.05, 4.69) is 0 Å². The fourth-order valence-corrected chi connectivity index (χ4v) is 2.66. The Labute approximate surface area is 151 Å². The standard InChI is InChI=1S/C20H20O6/c1-22-18-10-13(11-19(23-2)20(18)24-3)4-6-15(21)14-5-7-16-17(12-14)26-9-8-25-16/h4-7,10-12H,8-9H2,1-3H3. The van der Waals surface area contributed by atoms with E-state index >= 15 is 0 Å². The summed E-state index contributed by atoms with van der Waals surface area (Å²) in [5, 5.41) is 0. The van der Waals surface area contributed by atoms with Gasteiger partial charge in [-0.25, -0.2) is 0 Å². The van der Waals surface area contributed by atoms with Crippen LogP contribution in [0.25, 0.3) is 6.08 Å². The van der Waals surface area contributed by atoms with Crippen LogP contribution in [0, 0.1) is 0 Å². The number of carbonyl (C=O) groups excluding carboxylic acids is 1. The Bertz CT molecular complexity index is 815. The van der Waals surface area contributed by atoms with Crippen LogP contribution in [0.1, 0.15) is 15.9 Å². The lowest BCUT2D eigenvalue weighted by molar-refractivity contribution is 0.104. The first-order valence-corrected chi connectivity index (χ1v) is 8.08. The Morgan fingerprint density at radius 2 is 1.58 bits per heavy atom. The molecule has 0 atom stereocenters. The van der Waals surface area contributed by atoms with E-state index in [0.29, 0.717) is 47.5 Å². The third kappa shape index (κ3) is 3.59.